The third-order valence-electron chi connectivity index (χ3n) is 3.27. The molecule has 2 atom stereocenters. The van der Waals surface area contributed by atoms with Crippen molar-refractivity contribution in [3.8, 4) is 0 Å². The van der Waals surface area contributed by atoms with E-state index in [1.807, 2.05) is 0 Å². The number of hydrogen-bond donors (Lipinski definition) is 1. The van der Waals surface area contributed by atoms with Crippen molar-refractivity contribution in [2.75, 3.05) is 23.8 Å². The Kier molecular flexibility index (Phi) is 4.31. The van der Waals surface area contributed by atoms with Gasteiger partial charge in [-0.2, -0.15) is 23.5 Å². The quantitative estimate of drug-likeness (QED) is 0.821. The minimum atomic E-state index is 0.545. The Morgan fingerprint density at radius 1 is 1.40 bits per heavy atom. The lowest BCUT2D eigenvalue weighted by Crippen LogP contribution is -2.42. The molecule has 2 heterocycles. The van der Waals surface area contributed by atoms with Crippen LogP contribution in [0.2, 0.25) is 0 Å². The van der Waals surface area contributed by atoms with Crippen molar-refractivity contribution >= 4 is 23.5 Å². The zero-order chi connectivity index (χ0) is 10.7. The maximum Gasteiger partial charge on any atom is 0.0172 e. The summed E-state index contributed by atoms with van der Waals surface area (Å²) in [5.41, 5.74) is 0.545. The van der Waals surface area contributed by atoms with Gasteiger partial charge in [0.2, 0.25) is 0 Å². The first-order valence-electron chi connectivity index (χ1n) is 6.08. The molecule has 0 bridgehead atoms. The number of thioether (sulfide) groups is 2. The molecule has 0 aromatic carbocycles. The SMILES string of the molecule is CC1(C)CSCC(NCC2CCCS2)C1. The average molecular weight is 245 g/mol. The normalized spacial score (nSPS) is 35.6. The summed E-state index contributed by atoms with van der Waals surface area (Å²) >= 11 is 4.28. The van der Waals surface area contributed by atoms with Gasteiger partial charge in [-0.15, -0.1) is 0 Å². The number of rotatable bonds is 3. The maximum atomic E-state index is 3.78. The van der Waals surface area contributed by atoms with E-state index < -0.39 is 0 Å². The predicted molar refractivity (Wildman–Crippen MR) is 73.0 cm³/mol. The third-order valence-corrected chi connectivity index (χ3v) is 6.29. The van der Waals surface area contributed by atoms with Crippen LogP contribution in [-0.2, 0) is 0 Å². The second-order valence-electron chi connectivity index (χ2n) is 5.62. The Balaban J connectivity index is 1.69. The van der Waals surface area contributed by atoms with Gasteiger partial charge in [0.15, 0.2) is 0 Å². The van der Waals surface area contributed by atoms with E-state index in [0.717, 1.165) is 11.3 Å². The van der Waals surface area contributed by atoms with Gasteiger partial charge in [0.05, 0.1) is 0 Å². The molecule has 0 radical (unpaired) electrons. The van der Waals surface area contributed by atoms with Gasteiger partial charge in [-0.3, -0.25) is 0 Å². The fourth-order valence-electron chi connectivity index (χ4n) is 2.50. The van der Waals surface area contributed by atoms with Crippen molar-refractivity contribution in [3.05, 3.63) is 0 Å². The van der Waals surface area contributed by atoms with Crippen LogP contribution in [0.5, 0.6) is 0 Å². The molecule has 0 aromatic rings. The highest BCUT2D eigenvalue weighted by Crippen LogP contribution is 2.33. The molecule has 3 heteroatoms. The molecule has 0 aliphatic carbocycles. The van der Waals surface area contributed by atoms with Crippen molar-refractivity contribution in [1.82, 2.24) is 5.32 Å². The van der Waals surface area contributed by atoms with Gasteiger partial charge in [-0.1, -0.05) is 13.8 Å². The Morgan fingerprint density at radius 2 is 2.27 bits per heavy atom. The molecule has 88 valence electrons. The largest absolute Gasteiger partial charge is 0.312 e. The molecule has 15 heavy (non-hydrogen) atoms. The zero-order valence-corrected chi connectivity index (χ0v) is 11.6. The summed E-state index contributed by atoms with van der Waals surface area (Å²) < 4.78 is 0. The van der Waals surface area contributed by atoms with Gasteiger partial charge >= 0.3 is 0 Å². The Morgan fingerprint density at radius 3 is 2.93 bits per heavy atom. The van der Waals surface area contributed by atoms with E-state index in [2.05, 4.69) is 42.7 Å². The van der Waals surface area contributed by atoms with Crippen LogP contribution in [0.15, 0.2) is 0 Å². The molecule has 1 N–H and O–H groups in total. The second kappa shape index (κ2) is 5.33. The Bertz CT molecular complexity index is 200. The molecular formula is C12H23NS2. The number of hydrogen-bond acceptors (Lipinski definition) is 3. The summed E-state index contributed by atoms with van der Waals surface area (Å²) in [5.74, 6) is 4.04. The molecule has 2 aliphatic rings. The monoisotopic (exact) mass is 245 g/mol. The van der Waals surface area contributed by atoms with Crippen LogP contribution in [0.4, 0.5) is 0 Å². The molecule has 2 fully saturated rings. The van der Waals surface area contributed by atoms with Crippen LogP contribution in [-0.4, -0.2) is 35.1 Å². The van der Waals surface area contributed by atoms with Gasteiger partial charge in [0.25, 0.3) is 0 Å². The lowest BCUT2D eigenvalue weighted by Gasteiger charge is -2.35. The van der Waals surface area contributed by atoms with E-state index >= 15 is 0 Å². The fraction of sp³-hybridized carbons (Fsp3) is 1.00. The van der Waals surface area contributed by atoms with Crippen LogP contribution in [0.3, 0.4) is 0 Å². The minimum Gasteiger partial charge on any atom is -0.312 e. The standard InChI is InChI=1S/C12H23NS2/c1-12(2)6-10(8-14-9-12)13-7-11-4-3-5-15-11/h10-11,13H,3-9H2,1-2H3. The average Bonchev–Trinajstić information content (AvgIpc) is 2.65. The second-order valence-corrected chi connectivity index (χ2v) is 8.06. The van der Waals surface area contributed by atoms with Crippen molar-refractivity contribution < 1.29 is 0 Å². The molecular weight excluding hydrogens is 222 g/mol. The van der Waals surface area contributed by atoms with E-state index in [1.54, 1.807) is 0 Å². The maximum absolute atomic E-state index is 3.78. The van der Waals surface area contributed by atoms with Gasteiger partial charge in [0.1, 0.15) is 0 Å². The molecule has 0 spiro atoms. The highest BCUT2D eigenvalue weighted by atomic mass is 32.2. The molecule has 2 saturated heterocycles. The van der Waals surface area contributed by atoms with E-state index in [9.17, 15) is 0 Å². The molecule has 1 nitrogen and oxygen atoms in total. The predicted octanol–water partition coefficient (Wildman–Crippen LogP) is 3.00. The van der Waals surface area contributed by atoms with Crippen molar-refractivity contribution in [2.45, 2.75) is 44.4 Å². The highest BCUT2D eigenvalue weighted by molar-refractivity contribution is 8.00. The van der Waals surface area contributed by atoms with E-state index in [1.165, 1.54) is 43.1 Å². The molecule has 2 unspecified atom stereocenters. The van der Waals surface area contributed by atoms with Crippen LogP contribution in [0, 0.1) is 5.41 Å². The van der Waals surface area contributed by atoms with E-state index in [0.29, 0.717) is 5.41 Å². The number of nitrogens with one attached hydrogen (secondary N) is 1. The first kappa shape index (κ1) is 12.1. The minimum absolute atomic E-state index is 0.545. The van der Waals surface area contributed by atoms with Crippen molar-refractivity contribution in [1.29, 1.82) is 0 Å². The smallest absolute Gasteiger partial charge is 0.0172 e. The van der Waals surface area contributed by atoms with Crippen molar-refractivity contribution in [2.24, 2.45) is 5.41 Å². The van der Waals surface area contributed by atoms with E-state index in [-0.39, 0.29) is 0 Å². The van der Waals surface area contributed by atoms with Crippen LogP contribution in [0.1, 0.15) is 33.1 Å². The van der Waals surface area contributed by atoms with Gasteiger partial charge < -0.3 is 5.32 Å². The third kappa shape index (κ3) is 3.86. The fourth-order valence-corrected chi connectivity index (χ4v) is 5.02. The first-order chi connectivity index (χ1) is 7.16. The van der Waals surface area contributed by atoms with Crippen molar-refractivity contribution in [3.63, 3.8) is 0 Å². The summed E-state index contributed by atoms with van der Waals surface area (Å²) in [6.07, 6.45) is 4.22. The van der Waals surface area contributed by atoms with Crippen LogP contribution in [0.25, 0.3) is 0 Å². The van der Waals surface area contributed by atoms with Gasteiger partial charge in [-0.05, 0) is 36.2 Å². The zero-order valence-electron chi connectivity index (χ0n) is 9.92. The summed E-state index contributed by atoms with van der Waals surface area (Å²) in [7, 11) is 0. The summed E-state index contributed by atoms with van der Waals surface area (Å²) in [6, 6.07) is 0.764. The van der Waals surface area contributed by atoms with Gasteiger partial charge in [0, 0.05) is 23.6 Å². The summed E-state index contributed by atoms with van der Waals surface area (Å²) in [6.45, 7) is 6.04. The van der Waals surface area contributed by atoms with E-state index in [4.69, 9.17) is 0 Å². The topological polar surface area (TPSA) is 12.0 Å². The molecule has 2 aliphatic heterocycles. The van der Waals surface area contributed by atoms with Crippen LogP contribution >= 0.6 is 23.5 Å². The van der Waals surface area contributed by atoms with Crippen LogP contribution < -0.4 is 5.32 Å². The lowest BCUT2D eigenvalue weighted by molar-refractivity contribution is 0.318. The molecule has 0 saturated carbocycles. The summed E-state index contributed by atoms with van der Waals surface area (Å²) in [4.78, 5) is 0. The molecule has 0 aromatic heterocycles. The molecule has 0 amide bonds. The Hall–Kier alpha value is 0.660. The highest BCUT2D eigenvalue weighted by Gasteiger charge is 2.28. The summed E-state index contributed by atoms with van der Waals surface area (Å²) in [5, 5.41) is 4.68. The first-order valence-corrected chi connectivity index (χ1v) is 8.29. The lowest BCUT2D eigenvalue weighted by atomic mass is 9.88. The Labute approximate surface area is 103 Å². The molecule has 2 rings (SSSR count). The van der Waals surface area contributed by atoms with Gasteiger partial charge in [-0.25, -0.2) is 0 Å².